The summed E-state index contributed by atoms with van der Waals surface area (Å²) in [5.41, 5.74) is -1.91. The van der Waals surface area contributed by atoms with Crippen LogP contribution in [0, 0.1) is 12.3 Å². The second-order valence-electron chi connectivity index (χ2n) is 2.96. The third kappa shape index (κ3) is 2.08. The van der Waals surface area contributed by atoms with E-state index < -0.39 is 30.1 Å². The molecular formula is C10H7F4NO. The van der Waals surface area contributed by atoms with E-state index in [1.165, 1.54) is 0 Å². The first-order valence-electron chi connectivity index (χ1n) is 4.21. The summed E-state index contributed by atoms with van der Waals surface area (Å²) in [5.74, 6) is -2.43. The molecule has 0 atom stereocenters. The molecule has 1 rings (SSSR count). The fourth-order valence-corrected chi connectivity index (χ4v) is 1.18. The summed E-state index contributed by atoms with van der Waals surface area (Å²) in [5, 5.41) is 0. The Morgan fingerprint density at radius 2 is 2.06 bits per heavy atom. The van der Waals surface area contributed by atoms with Crippen molar-refractivity contribution in [2.45, 2.75) is 18.9 Å². The molecule has 1 heterocycles. The van der Waals surface area contributed by atoms with Crippen LogP contribution in [-0.4, -0.2) is 11.0 Å². The molecule has 0 radical (unpaired) electrons. The number of rotatable bonds is 3. The van der Waals surface area contributed by atoms with Crippen LogP contribution < -0.4 is 5.56 Å². The Hall–Kier alpha value is -1.77. The van der Waals surface area contributed by atoms with Crippen LogP contribution in [0.15, 0.2) is 23.0 Å². The molecule has 16 heavy (non-hydrogen) atoms. The first-order valence-corrected chi connectivity index (χ1v) is 4.21. The Labute approximate surface area is 88.5 Å². The van der Waals surface area contributed by atoms with Crippen molar-refractivity contribution in [3.8, 4) is 12.3 Å². The molecule has 0 saturated heterocycles. The number of terminal acetylenes is 1. The molecule has 6 heteroatoms. The van der Waals surface area contributed by atoms with Gasteiger partial charge in [-0.25, -0.2) is 8.78 Å². The van der Waals surface area contributed by atoms with Crippen LogP contribution in [0.2, 0.25) is 0 Å². The van der Waals surface area contributed by atoms with Gasteiger partial charge < -0.3 is 0 Å². The Kier molecular flexibility index (Phi) is 3.38. The molecule has 0 bridgehead atoms. The lowest BCUT2D eigenvalue weighted by Gasteiger charge is -2.19. The van der Waals surface area contributed by atoms with E-state index >= 15 is 0 Å². The summed E-state index contributed by atoms with van der Waals surface area (Å²) in [7, 11) is 0. The molecule has 2 nitrogen and oxygen atoms in total. The standard InChI is InChI=1S/C10H7F4NO/c1-2-6-15-7(4-3-5-8(15)16)10(13,14)9(11)12/h1,3-5,9H,6H2. The van der Waals surface area contributed by atoms with Gasteiger partial charge in [-0.1, -0.05) is 12.0 Å². The molecule has 0 aromatic carbocycles. The van der Waals surface area contributed by atoms with Gasteiger partial charge in [0.2, 0.25) is 0 Å². The Morgan fingerprint density at radius 3 is 2.56 bits per heavy atom. The summed E-state index contributed by atoms with van der Waals surface area (Å²) >= 11 is 0. The van der Waals surface area contributed by atoms with Gasteiger partial charge in [-0.2, -0.15) is 8.78 Å². The van der Waals surface area contributed by atoms with E-state index in [1.54, 1.807) is 0 Å². The zero-order valence-electron chi connectivity index (χ0n) is 7.96. The minimum atomic E-state index is -4.39. The number of halogens is 4. The summed E-state index contributed by atoms with van der Waals surface area (Å²) in [4.78, 5) is 11.2. The lowest BCUT2D eigenvalue weighted by atomic mass is 10.2. The molecular weight excluding hydrogens is 226 g/mol. The van der Waals surface area contributed by atoms with Crippen molar-refractivity contribution in [2.75, 3.05) is 0 Å². The molecule has 0 spiro atoms. The predicted molar refractivity (Wildman–Crippen MR) is 49.4 cm³/mol. The third-order valence-electron chi connectivity index (χ3n) is 1.91. The Bertz CT molecular complexity index is 472. The van der Waals surface area contributed by atoms with Gasteiger partial charge in [-0.3, -0.25) is 9.36 Å². The highest BCUT2D eigenvalue weighted by molar-refractivity contribution is 5.14. The quantitative estimate of drug-likeness (QED) is 0.576. The average Bonchev–Trinajstić information content (AvgIpc) is 2.20. The number of nitrogens with zero attached hydrogens (tertiary/aromatic N) is 1. The van der Waals surface area contributed by atoms with Crippen molar-refractivity contribution >= 4 is 0 Å². The van der Waals surface area contributed by atoms with Crippen molar-refractivity contribution in [1.29, 1.82) is 0 Å². The summed E-state index contributed by atoms with van der Waals surface area (Å²) in [6, 6.07) is 2.72. The first-order chi connectivity index (χ1) is 7.41. The fraction of sp³-hybridized carbons (Fsp3) is 0.300. The maximum absolute atomic E-state index is 13.1. The molecule has 86 valence electrons. The lowest BCUT2D eigenvalue weighted by molar-refractivity contribution is -0.140. The van der Waals surface area contributed by atoms with E-state index in [1.807, 2.05) is 5.92 Å². The molecule has 0 N–H and O–H groups in total. The zero-order valence-corrected chi connectivity index (χ0v) is 7.96. The highest BCUT2D eigenvalue weighted by Crippen LogP contribution is 2.33. The zero-order chi connectivity index (χ0) is 12.3. The highest BCUT2D eigenvalue weighted by atomic mass is 19.3. The van der Waals surface area contributed by atoms with Crippen molar-refractivity contribution < 1.29 is 17.6 Å². The summed E-state index contributed by atoms with van der Waals surface area (Å²) in [6.07, 6.45) is 0.985. The van der Waals surface area contributed by atoms with Crippen LogP contribution >= 0.6 is 0 Å². The molecule has 0 amide bonds. The van der Waals surface area contributed by atoms with E-state index in [2.05, 4.69) is 0 Å². The molecule has 0 unspecified atom stereocenters. The second-order valence-corrected chi connectivity index (χ2v) is 2.96. The van der Waals surface area contributed by atoms with Crippen molar-refractivity contribution in [3.05, 3.63) is 34.2 Å². The van der Waals surface area contributed by atoms with Crippen molar-refractivity contribution in [2.24, 2.45) is 0 Å². The van der Waals surface area contributed by atoms with Crippen LogP contribution in [0.1, 0.15) is 5.69 Å². The molecule has 0 aliphatic rings. The Balaban J connectivity index is 3.40. The number of hydrogen-bond acceptors (Lipinski definition) is 1. The molecule has 1 aromatic rings. The first kappa shape index (κ1) is 12.3. The minimum Gasteiger partial charge on any atom is -0.295 e. The van der Waals surface area contributed by atoms with Crippen LogP contribution in [0.4, 0.5) is 17.6 Å². The maximum atomic E-state index is 13.1. The predicted octanol–water partition coefficient (Wildman–Crippen LogP) is 1.84. The maximum Gasteiger partial charge on any atom is 0.347 e. The minimum absolute atomic E-state index is 0.451. The second kappa shape index (κ2) is 4.39. The normalized spacial score (nSPS) is 11.5. The number of aromatic nitrogens is 1. The van der Waals surface area contributed by atoms with Gasteiger partial charge in [0.05, 0.1) is 12.2 Å². The van der Waals surface area contributed by atoms with Gasteiger partial charge >= 0.3 is 12.3 Å². The van der Waals surface area contributed by atoms with E-state index in [4.69, 9.17) is 6.42 Å². The lowest BCUT2D eigenvalue weighted by Crippen LogP contribution is -2.33. The van der Waals surface area contributed by atoms with Crippen LogP contribution in [0.3, 0.4) is 0 Å². The van der Waals surface area contributed by atoms with E-state index in [0.717, 1.165) is 18.2 Å². The van der Waals surface area contributed by atoms with Gasteiger partial charge in [-0.15, -0.1) is 6.42 Å². The monoisotopic (exact) mass is 233 g/mol. The largest absolute Gasteiger partial charge is 0.347 e. The van der Waals surface area contributed by atoms with Gasteiger partial charge in [0.1, 0.15) is 0 Å². The molecule has 0 fully saturated rings. The summed E-state index contributed by atoms with van der Waals surface area (Å²) < 4.78 is 50.8. The number of pyridine rings is 1. The molecule has 1 aromatic heterocycles. The van der Waals surface area contributed by atoms with Crippen LogP contribution in [0.5, 0.6) is 0 Å². The van der Waals surface area contributed by atoms with E-state index in [0.29, 0.717) is 4.57 Å². The summed E-state index contributed by atoms with van der Waals surface area (Å²) in [6.45, 7) is -0.475. The molecule has 0 saturated carbocycles. The van der Waals surface area contributed by atoms with Crippen molar-refractivity contribution in [3.63, 3.8) is 0 Å². The fourth-order valence-electron chi connectivity index (χ4n) is 1.18. The van der Waals surface area contributed by atoms with E-state index in [-0.39, 0.29) is 0 Å². The van der Waals surface area contributed by atoms with Gasteiger partial charge in [0.15, 0.2) is 0 Å². The molecule has 0 aliphatic carbocycles. The smallest absolute Gasteiger partial charge is 0.295 e. The van der Waals surface area contributed by atoms with Gasteiger partial charge in [-0.05, 0) is 6.07 Å². The van der Waals surface area contributed by atoms with Crippen LogP contribution in [0.25, 0.3) is 0 Å². The third-order valence-corrected chi connectivity index (χ3v) is 1.91. The topological polar surface area (TPSA) is 22.0 Å². The Morgan fingerprint density at radius 1 is 1.44 bits per heavy atom. The van der Waals surface area contributed by atoms with Gasteiger partial charge in [0, 0.05) is 6.07 Å². The van der Waals surface area contributed by atoms with Gasteiger partial charge in [0.25, 0.3) is 5.56 Å². The average molecular weight is 233 g/mol. The highest BCUT2D eigenvalue weighted by Gasteiger charge is 2.44. The van der Waals surface area contributed by atoms with Crippen LogP contribution in [-0.2, 0) is 12.5 Å². The number of alkyl halides is 4. The van der Waals surface area contributed by atoms with Crippen molar-refractivity contribution in [1.82, 2.24) is 4.57 Å². The van der Waals surface area contributed by atoms with E-state index in [9.17, 15) is 22.4 Å². The SMILES string of the molecule is C#CCn1c(C(F)(F)C(F)F)cccc1=O. The number of hydrogen-bond donors (Lipinski definition) is 0. The molecule has 0 aliphatic heterocycles.